The van der Waals surface area contributed by atoms with Crippen molar-refractivity contribution >= 4 is 16.8 Å². The molecule has 32 heavy (non-hydrogen) atoms. The van der Waals surface area contributed by atoms with Crippen LogP contribution in [0.2, 0.25) is 0 Å². The fourth-order valence-electron chi connectivity index (χ4n) is 5.51. The molecule has 1 spiro atoms. The van der Waals surface area contributed by atoms with Crippen molar-refractivity contribution in [2.45, 2.75) is 32.0 Å². The van der Waals surface area contributed by atoms with Crippen molar-refractivity contribution in [3.63, 3.8) is 0 Å². The summed E-state index contributed by atoms with van der Waals surface area (Å²) >= 11 is 0. The van der Waals surface area contributed by atoms with Gasteiger partial charge < -0.3 is 18.9 Å². The summed E-state index contributed by atoms with van der Waals surface area (Å²) in [6, 6.07) is 12.7. The highest BCUT2D eigenvalue weighted by atomic mass is 19.1. The third kappa shape index (κ3) is 2.98. The Labute approximate surface area is 186 Å². The number of hydrogen-bond donors (Lipinski definition) is 0. The molecule has 1 aromatic heterocycles. The van der Waals surface area contributed by atoms with Crippen LogP contribution in [0.5, 0.6) is 5.75 Å². The molecule has 0 amide bonds. The van der Waals surface area contributed by atoms with E-state index in [4.69, 9.17) is 14.0 Å². The van der Waals surface area contributed by atoms with Crippen molar-refractivity contribution in [2.24, 2.45) is 11.1 Å². The Bertz CT molecular complexity index is 1210. The number of rotatable bonds is 4. The summed E-state index contributed by atoms with van der Waals surface area (Å²) < 4.78 is 24.2. The zero-order chi connectivity index (χ0) is 21.9. The molecule has 0 radical (unpaired) electrons. The number of nitrogens with zero attached hydrogens (tertiary/aromatic N) is 3. The van der Waals surface area contributed by atoms with Gasteiger partial charge in [-0.25, -0.2) is 0 Å². The molecule has 4 aliphatic rings. The minimum Gasteiger partial charge on any atom is -0.497 e. The fourth-order valence-corrected chi connectivity index (χ4v) is 5.51. The van der Waals surface area contributed by atoms with Crippen molar-refractivity contribution in [3.05, 3.63) is 65.2 Å². The van der Waals surface area contributed by atoms with Gasteiger partial charge in [-0.15, -0.1) is 0 Å². The number of methoxy groups -OCH3 is 1. The molecule has 0 aliphatic carbocycles. The van der Waals surface area contributed by atoms with E-state index in [-0.39, 0.29) is 0 Å². The molecule has 7 rings (SSSR count). The first kappa shape index (κ1) is 19.6. The molecular formula is C25H26FN3O3. The Hall–Kier alpha value is -3.06. The summed E-state index contributed by atoms with van der Waals surface area (Å²) in [6.45, 7) is 5.84. The third-order valence-corrected chi connectivity index (χ3v) is 7.30. The second kappa shape index (κ2) is 7.24. The molecule has 1 atom stereocenters. The Morgan fingerprint density at radius 1 is 1.16 bits per heavy atom. The number of aryl methyl sites for hydroxylation is 1. The lowest BCUT2D eigenvalue weighted by Crippen LogP contribution is -2.66. The van der Waals surface area contributed by atoms with Crippen molar-refractivity contribution < 1.29 is 18.4 Å². The van der Waals surface area contributed by atoms with E-state index in [0.29, 0.717) is 18.0 Å². The summed E-state index contributed by atoms with van der Waals surface area (Å²) in [5.74, 6) is 2.06. The normalized spacial score (nSPS) is 26.6. The Kier molecular flexibility index (Phi) is 4.43. The lowest BCUT2D eigenvalue weighted by Gasteiger charge is -2.53. The lowest BCUT2D eigenvalue weighted by molar-refractivity contribution is -0.198. The fraction of sp³-hybridized carbons (Fsp3) is 0.400. The molecule has 3 saturated heterocycles. The van der Waals surface area contributed by atoms with Crippen LogP contribution in [0, 0.1) is 18.9 Å². The van der Waals surface area contributed by atoms with E-state index in [0.717, 1.165) is 55.0 Å². The van der Waals surface area contributed by atoms with Crippen LogP contribution in [-0.2, 0) is 11.4 Å². The number of benzene rings is 2. The van der Waals surface area contributed by atoms with Crippen LogP contribution in [0.15, 0.2) is 52.0 Å². The third-order valence-electron chi connectivity index (χ3n) is 7.30. The summed E-state index contributed by atoms with van der Waals surface area (Å²) in [4.78, 5) is 11.1. The van der Waals surface area contributed by atoms with Gasteiger partial charge in [-0.05, 0) is 74.3 Å². The van der Waals surface area contributed by atoms with Gasteiger partial charge in [-0.1, -0.05) is 11.2 Å². The molecule has 3 fully saturated rings. The number of amidine groups is 1. The maximum Gasteiger partial charge on any atom is 0.278 e. The van der Waals surface area contributed by atoms with Crippen LogP contribution in [0.3, 0.4) is 0 Å². The molecule has 2 bridgehead atoms. The Morgan fingerprint density at radius 3 is 2.72 bits per heavy atom. The predicted molar refractivity (Wildman–Crippen MR) is 119 cm³/mol. The monoisotopic (exact) mass is 435 g/mol. The molecule has 6 nitrogen and oxygen atoms in total. The van der Waals surface area contributed by atoms with Gasteiger partial charge in [0, 0.05) is 29.5 Å². The summed E-state index contributed by atoms with van der Waals surface area (Å²) in [5.41, 5.74) is 3.32. The predicted octanol–water partition coefficient (Wildman–Crippen LogP) is 4.50. The standard InChI is InChI=1S/C25H26FN3O3/c1-16-11-21(30-2)5-3-18(16)14-29-24(17-4-6-22-19(12-17)13-23(26)31-22)27-32-25(29)15-28-9-7-20(25)8-10-28/h3-6,11-13,20H,7-10,14-15H2,1-2H3. The van der Waals surface area contributed by atoms with Crippen LogP contribution in [0.4, 0.5) is 4.39 Å². The molecule has 0 saturated carbocycles. The first-order chi connectivity index (χ1) is 15.6. The first-order valence-corrected chi connectivity index (χ1v) is 11.1. The molecule has 0 N–H and O–H groups in total. The highest BCUT2D eigenvalue weighted by Crippen LogP contribution is 2.45. The molecule has 3 aromatic rings. The molecule has 5 heterocycles. The number of piperidine rings is 3. The van der Waals surface area contributed by atoms with Crippen LogP contribution in [0.25, 0.3) is 11.0 Å². The van der Waals surface area contributed by atoms with Crippen molar-refractivity contribution in [3.8, 4) is 5.75 Å². The average Bonchev–Trinajstić information content (AvgIpc) is 3.35. The lowest BCUT2D eigenvalue weighted by atomic mass is 9.79. The SMILES string of the molecule is COc1ccc(CN2C(c3ccc4oc(F)cc4c3)=NOC23CN2CCC3CC2)c(C)c1. The van der Waals surface area contributed by atoms with Gasteiger partial charge in [0.1, 0.15) is 11.3 Å². The van der Waals surface area contributed by atoms with Gasteiger partial charge in [0.15, 0.2) is 5.84 Å². The molecular weight excluding hydrogens is 409 g/mol. The van der Waals surface area contributed by atoms with Gasteiger partial charge >= 0.3 is 0 Å². The maximum absolute atomic E-state index is 13.6. The number of oxime groups is 1. The van der Waals surface area contributed by atoms with Crippen molar-refractivity contribution in [1.82, 2.24) is 9.80 Å². The van der Waals surface area contributed by atoms with E-state index in [1.165, 1.54) is 17.2 Å². The Morgan fingerprint density at radius 2 is 2.00 bits per heavy atom. The van der Waals surface area contributed by atoms with Crippen LogP contribution >= 0.6 is 0 Å². The summed E-state index contributed by atoms with van der Waals surface area (Å²) in [6.07, 6.45) is 2.21. The van der Waals surface area contributed by atoms with E-state index >= 15 is 0 Å². The average molecular weight is 435 g/mol. The molecule has 7 heteroatoms. The van der Waals surface area contributed by atoms with E-state index in [1.54, 1.807) is 13.2 Å². The van der Waals surface area contributed by atoms with Gasteiger partial charge in [0.2, 0.25) is 5.72 Å². The number of hydrogen-bond acceptors (Lipinski definition) is 6. The first-order valence-electron chi connectivity index (χ1n) is 11.1. The Balaban J connectivity index is 1.42. The largest absolute Gasteiger partial charge is 0.497 e. The molecule has 166 valence electrons. The number of furan rings is 1. The van der Waals surface area contributed by atoms with Crippen LogP contribution in [0.1, 0.15) is 29.5 Å². The van der Waals surface area contributed by atoms with Crippen molar-refractivity contribution in [1.29, 1.82) is 0 Å². The van der Waals surface area contributed by atoms with E-state index < -0.39 is 11.7 Å². The summed E-state index contributed by atoms with van der Waals surface area (Å²) in [7, 11) is 1.69. The smallest absolute Gasteiger partial charge is 0.278 e. The van der Waals surface area contributed by atoms with Gasteiger partial charge in [-0.3, -0.25) is 4.90 Å². The minimum absolute atomic E-state index is 0.419. The molecule has 1 unspecified atom stereocenters. The highest BCUT2D eigenvalue weighted by molar-refractivity contribution is 6.02. The van der Waals surface area contributed by atoms with Crippen LogP contribution in [-0.4, -0.2) is 48.1 Å². The number of halogens is 1. The second-order valence-electron chi connectivity index (χ2n) is 9.08. The zero-order valence-electron chi connectivity index (χ0n) is 18.3. The quantitative estimate of drug-likeness (QED) is 0.604. The van der Waals surface area contributed by atoms with E-state index in [1.807, 2.05) is 18.2 Å². The minimum atomic E-state index is -0.582. The molecule has 4 aliphatic heterocycles. The van der Waals surface area contributed by atoms with Gasteiger partial charge in [0.05, 0.1) is 13.7 Å². The van der Waals surface area contributed by atoms with Crippen LogP contribution < -0.4 is 4.74 Å². The maximum atomic E-state index is 13.6. The van der Waals surface area contributed by atoms with Gasteiger partial charge in [-0.2, -0.15) is 4.39 Å². The number of fused-ring (bicyclic) bond motifs is 3. The van der Waals surface area contributed by atoms with E-state index in [2.05, 4.69) is 34.0 Å². The second-order valence-corrected chi connectivity index (χ2v) is 9.08. The topological polar surface area (TPSA) is 50.4 Å². The van der Waals surface area contributed by atoms with Crippen molar-refractivity contribution in [2.75, 3.05) is 26.7 Å². The highest BCUT2D eigenvalue weighted by Gasteiger charge is 2.57. The van der Waals surface area contributed by atoms with E-state index in [9.17, 15) is 4.39 Å². The molecule has 2 aromatic carbocycles. The number of ether oxygens (including phenoxy) is 1. The summed E-state index contributed by atoms with van der Waals surface area (Å²) in [5, 5.41) is 5.34. The zero-order valence-corrected chi connectivity index (χ0v) is 18.3. The van der Waals surface area contributed by atoms with Gasteiger partial charge in [0.25, 0.3) is 6.01 Å².